The molecule has 0 saturated carbocycles. The van der Waals surface area contributed by atoms with Crippen LogP contribution in [-0.2, 0) is 9.53 Å². The first-order chi connectivity index (χ1) is 10.2. The summed E-state index contributed by atoms with van der Waals surface area (Å²) in [4.78, 5) is 12.3. The lowest BCUT2D eigenvalue weighted by Crippen LogP contribution is -2.22. The van der Waals surface area contributed by atoms with Gasteiger partial charge in [-0.05, 0) is 39.7 Å². The van der Waals surface area contributed by atoms with E-state index in [1.165, 1.54) is 7.11 Å². The van der Waals surface area contributed by atoms with Gasteiger partial charge in [0.05, 0.1) is 17.3 Å². The van der Waals surface area contributed by atoms with E-state index in [1.54, 1.807) is 18.2 Å². The lowest BCUT2D eigenvalue weighted by atomic mass is 10.1. The molecule has 2 aromatic rings. The zero-order valence-electron chi connectivity index (χ0n) is 11.3. The minimum atomic E-state index is -0.686. The number of hydrogen-bond acceptors (Lipinski definition) is 3. The molecule has 0 saturated heterocycles. The molecular weight excluding hydrogens is 332 g/mol. The molecule has 21 heavy (non-hydrogen) atoms. The Morgan fingerprint density at radius 1 is 1.29 bits per heavy atom. The minimum absolute atomic E-state index is 0.269. The monoisotopic (exact) mass is 344 g/mol. The molecule has 0 aliphatic rings. The minimum Gasteiger partial charge on any atom is -0.367 e. The molecule has 2 aromatic carbocycles. The van der Waals surface area contributed by atoms with Crippen molar-refractivity contribution in [2.45, 2.75) is 6.10 Å². The summed E-state index contributed by atoms with van der Waals surface area (Å²) in [5.41, 5.74) is 1.89. The molecule has 2 rings (SSSR count). The molecule has 1 amide bonds. The standard InChI is InChI=1S/C16H13BrN2O2/c1-21-15(12-5-3-2-4-6-12)16(20)19-14-8-7-11(10-18)9-13(14)17/h2-9,15H,1H3,(H,19,20)/t15-/m0/s1. The molecule has 4 nitrogen and oxygen atoms in total. The average molecular weight is 345 g/mol. The third kappa shape index (κ3) is 3.69. The van der Waals surface area contributed by atoms with Crippen LogP contribution in [0.5, 0.6) is 0 Å². The quantitative estimate of drug-likeness (QED) is 0.920. The van der Waals surface area contributed by atoms with Gasteiger partial charge in [0.15, 0.2) is 6.10 Å². The number of halogens is 1. The predicted octanol–water partition coefficient (Wildman–Crippen LogP) is 3.65. The molecule has 0 heterocycles. The van der Waals surface area contributed by atoms with E-state index in [4.69, 9.17) is 10.00 Å². The van der Waals surface area contributed by atoms with Crippen LogP contribution < -0.4 is 5.32 Å². The van der Waals surface area contributed by atoms with Gasteiger partial charge in [0.25, 0.3) is 5.91 Å². The number of benzene rings is 2. The van der Waals surface area contributed by atoms with Crippen molar-refractivity contribution in [3.8, 4) is 6.07 Å². The number of nitriles is 1. The molecule has 0 radical (unpaired) electrons. The van der Waals surface area contributed by atoms with E-state index in [0.29, 0.717) is 15.7 Å². The third-order valence-corrected chi connectivity index (χ3v) is 3.59. The van der Waals surface area contributed by atoms with Crippen molar-refractivity contribution in [1.82, 2.24) is 0 Å². The van der Waals surface area contributed by atoms with Gasteiger partial charge in [-0.15, -0.1) is 0 Å². The third-order valence-electron chi connectivity index (χ3n) is 2.93. The van der Waals surface area contributed by atoms with Crippen LogP contribution in [0, 0.1) is 11.3 Å². The molecule has 106 valence electrons. The van der Waals surface area contributed by atoms with E-state index in [1.807, 2.05) is 36.4 Å². The first kappa shape index (κ1) is 15.2. The van der Waals surface area contributed by atoms with E-state index < -0.39 is 6.10 Å². The number of carbonyl (C=O) groups excluding carboxylic acids is 1. The second kappa shape index (κ2) is 7.02. The molecule has 0 unspecified atom stereocenters. The van der Waals surface area contributed by atoms with Crippen molar-refractivity contribution in [3.05, 3.63) is 64.1 Å². The van der Waals surface area contributed by atoms with Crippen molar-refractivity contribution in [2.75, 3.05) is 12.4 Å². The van der Waals surface area contributed by atoms with E-state index in [9.17, 15) is 4.79 Å². The Hall–Kier alpha value is -2.16. The molecule has 0 aliphatic carbocycles. The molecule has 0 aliphatic heterocycles. The normalized spacial score (nSPS) is 11.5. The Morgan fingerprint density at radius 2 is 2.00 bits per heavy atom. The summed E-state index contributed by atoms with van der Waals surface area (Å²) >= 11 is 3.34. The number of hydrogen-bond donors (Lipinski definition) is 1. The van der Waals surface area contributed by atoms with Gasteiger partial charge in [-0.3, -0.25) is 4.79 Å². The topological polar surface area (TPSA) is 62.1 Å². The van der Waals surface area contributed by atoms with Crippen molar-refractivity contribution in [3.63, 3.8) is 0 Å². The van der Waals surface area contributed by atoms with Gasteiger partial charge in [0, 0.05) is 11.6 Å². The Bertz CT molecular complexity index is 680. The first-order valence-electron chi connectivity index (χ1n) is 6.24. The molecule has 0 bridgehead atoms. The molecule has 0 aromatic heterocycles. The smallest absolute Gasteiger partial charge is 0.258 e. The zero-order valence-corrected chi connectivity index (χ0v) is 12.9. The molecule has 1 atom stereocenters. The van der Waals surface area contributed by atoms with Crippen LogP contribution in [0.1, 0.15) is 17.2 Å². The number of rotatable bonds is 4. The maximum Gasteiger partial charge on any atom is 0.258 e. The number of methoxy groups -OCH3 is 1. The predicted molar refractivity (Wildman–Crippen MR) is 83.7 cm³/mol. The van der Waals surface area contributed by atoms with Gasteiger partial charge in [-0.25, -0.2) is 0 Å². The van der Waals surface area contributed by atoms with Crippen molar-refractivity contribution >= 4 is 27.5 Å². The first-order valence-corrected chi connectivity index (χ1v) is 7.03. The Labute approximate surface area is 131 Å². The summed E-state index contributed by atoms with van der Waals surface area (Å²) in [6.07, 6.45) is -0.686. The van der Waals surface area contributed by atoms with Gasteiger partial charge in [0.1, 0.15) is 0 Å². The van der Waals surface area contributed by atoms with Crippen LogP contribution in [-0.4, -0.2) is 13.0 Å². The van der Waals surface area contributed by atoms with Crippen LogP contribution >= 0.6 is 15.9 Å². The highest BCUT2D eigenvalue weighted by Crippen LogP contribution is 2.25. The van der Waals surface area contributed by atoms with Crippen molar-refractivity contribution in [2.24, 2.45) is 0 Å². The number of nitrogens with one attached hydrogen (secondary N) is 1. The van der Waals surface area contributed by atoms with Crippen molar-refractivity contribution in [1.29, 1.82) is 5.26 Å². The number of nitrogens with zero attached hydrogens (tertiary/aromatic N) is 1. The summed E-state index contributed by atoms with van der Waals surface area (Å²) in [5.74, 6) is -0.269. The van der Waals surface area contributed by atoms with Crippen LogP contribution in [0.2, 0.25) is 0 Å². The van der Waals surface area contributed by atoms with E-state index in [-0.39, 0.29) is 5.91 Å². The van der Waals surface area contributed by atoms with Gasteiger partial charge in [-0.2, -0.15) is 5.26 Å². The summed E-state index contributed by atoms with van der Waals surface area (Å²) in [7, 11) is 1.49. The van der Waals surface area contributed by atoms with Gasteiger partial charge >= 0.3 is 0 Å². The van der Waals surface area contributed by atoms with E-state index in [2.05, 4.69) is 21.2 Å². The maximum absolute atomic E-state index is 12.3. The number of amides is 1. The number of ether oxygens (including phenoxy) is 1. The highest BCUT2D eigenvalue weighted by molar-refractivity contribution is 9.10. The average Bonchev–Trinajstić information content (AvgIpc) is 2.51. The Kier molecular flexibility index (Phi) is 5.09. The largest absolute Gasteiger partial charge is 0.367 e. The summed E-state index contributed by atoms with van der Waals surface area (Å²) in [6, 6.07) is 16.3. The zero-order chi connectivity index (χ0) is 15.2. The van der Waals surface area contributed by atoms with Gasteiger partial charge < -0.3 is 10.1 Å². The number of anilines is 1. The second-order valence-electron chi connectivity index (χ2n) is 4.32. The highest BCUT2D eigenvalue weighted by atomic mass is 79.9. The second-order valence-corrected chi connectivity index (χ2v) is 5.18. The Morgan fingerprint density at radius 3 is 2.57 bits per heavy atom. The SMILES string of the molecule is CO[C@H](C(=O)Nc1ccc(C#N)cc1Br)c1ccccc1. The lowest BCUT2D eigenvalue weighted by Gasteiger charge is -2.16. The fraction of sp³-hybridized carbons (Fsp3) is 0.125. The van der Waals surface area contributed by atoms with Crippen LogP contribution in [0.25, 0.3) is 0 Å². The summed E-state index contributed by atoms with van der Waals surface area (Å²) in [5, 5.41) is 11.6. The molecule has 0 fully saturated rings. The van der Waals surface area contributed by atoms with Crippen LogP contribution in [0.15, 0.2) is 53.0 Å². The lowest BCUT2D eigenvalue weighted by molar-refractivity contribution is -0.126. The van der Waals surface area contributed by atoms with Gasteiger partial charge in [0.2, 0.25) is 0 Å². The summed E-state index contributed by atoms with van der Waals surface area (Å²) < 4.78 is 5.93. The fourth-order valence-electron chi connectivity index (χ4n) is 1.91. The van der Waals surface area contributed by atoms with Gasteiger partial charge in [-0.1, -0.05) is 30.3 Å². The molecular formula is C16H13BrN2O2. The van der Waals surface area contributed by atoms with E-state index >= 15 is 0 Å². The van der Waals surface area contributed by atoms with Crippen LogP contribution in [0.4, 0.5) is 5.69 Å². The number of carbonyl (C=O) groups is 1. The van der Waals surface area contributed by atoms with Crippen molar-refractivity contribution < 1.29 is 9.53 Å². The Balaban J connectivity index is 2.19. The fourth-order valence-corrected chi connectivity index (χ4v) is 2.38. The summed E-state index contributed by atoms with van der Waals surface area (Å²) in [6.45, 7) is 0. The molecule has 0 spiro atoms. The highest BCUT2D eigenvalue weighted by Gasteiger charge is 2.20. The maximum atomic E-state index is 12.3. The molecule has 5 heteroatoms. The van der Waals surface area contributed by atoms with E-state index in [0.717, 1.165) is 5.56 Å². The van der Waals surface area contributed by atoms with Crippen LogP contribution in [0.3, 0.4) is 0 Å². The molecule has 1 N–H and O–H groups in total.